The second-order valence-electron chi connectivity index (χ2n) is 4.18. The normalized spacial score (nSPS) is 10.4. The smallest absolute Gasteiger partial charge is 0.246 e. The van der Waals surface area contributed by atoms with Crippen LogP contribution in [0.3, 0.4) is 0 Å². The predicted octanol–water partition coefficient (Wildman–Crippen LogP) is 2.79. The van der Waals surface area contributed by atoms with E-state index in [4.69, 9.17) is 11.6 Å². The van der Waals surface area contributed by atoms with E-state index in [-0.39, 0.29) is 12.5 Å². The summed E-state index contributed by atoms with van der Waals surface area (Å²) in [5, 5.41) is 7.53. The van der Waals surface area contributed by atoms with Crippen molar-refractivity contribution in [2.24, 2.45) is 0 Å². The molecule has 4 nitrogen and oxygen atoms in total. The van der Waals surface area contributed by atoms with Crippen molar-refractivity contribution in [1.29, 1.82) is 0 Å². The molecule has 18 heavy (non-hydrogen) atoms. The van der Waals surface area contributed by atoms with Crippen LogP contribution in [-0.4, -0.2) is 15.7 Å². The lowest BCUT2D eigenvalue weighted by Gasteiger charge is -2.09. The maximum absolute atomic E-state index is 11.8. The highest BCUT2D eigenvalue weighted by Gasteiger charge is 2.07. The molecule has 1 amide bonds. The third-order valence-corrected chi connectivity index (χ3v) is 3.02. The molecule has 1 heterocycles. The average Bonchev–Trinajstić information content (AvgIpc) is 2.70. The van der Waals surface area contributed by atoms with E-state index in [9.17, 15) is 4.79 Å². The fourth-order valence-corrected chi connectivity index (χ4v) is 1.81. The molecule has 5 heteroatoms. The minimum absolute atomic E-state index is 0.122. The number of aromatic nitrogens is 2. The molecule has 1 aromatic carbocycles. The Bertz CT molecular complexity index is 577. The maximum atomic E-state index is 11.8. The molecule has 2 aromatic rings. The van der Waals surface area contributed by atoms with Crippen molar-refractivity contribution >= 4 is 23.2 Å². The van der Waals surface area contributed by atoms with Gasteiger partial charge in [-0.15, -0.1) is 0 Å². The fourth-order valence-electron chi connectivity index (χ4n) is 1.63. The second-order valence-corrected chi connectivity index (χ2v) is 4.58. The van der Waals surface area contributed by atoms with E-state index < -0.39 is 0 Å². The summed E-state index contributed by atoms with van der Waals surface area (Å²) < 4.78 is 1.60. The predicted molar refractivity (Wildman–Crippen MR) is 71.8 cm³/mol. The average molecular weight is 264 g/mol. The third-order valence-electron chi connectivity index (χ3n) is 2.61. The van der Waals surface area contributed by atoms with Gasteiger partial charge < -0.3 is 5.32 Å². The molecule has 1 aromatic heterocycles. The molecule has 0 radical (unpaired) electrons. The highest BCUT2D eigenvalue weighted by atomic mass is 35.5. The van der Waals surface area contributed by atoms with E-state index in [0.29, 0.717) is 5.02 Å². The largest absolute Gasteiger partial charge is 0.324 e. The van der Waals surface area contributed by atoms with Gasteiger partial charge in [-0.1, -0.05) is 17.7 Å². The van der Waals surface area contributed by atoms with Gasteiger partial charge in [0.15, 0.2) is 0 Å². The number of nitrogens with one attached hydrogen (secondary N) is 1. The standard InChI is InChI=1S/C13H14ClN3O/c1-9-6-15-17(7-9)8-13(18)16-12-5-3-4-11(14)10(12)2/h3-7H,8H2,1-2H3,(H,16,18). The van der Waals surface area contributed by atoms with Crippen molar-refractivity contribution in [1.82, 2.24) is 9.78 Å². The van der Waals surface area contributed by atoms with Gasteiger partial charge >= 0.3 is 0 Å². The molecule has 1 N–H and O–H groups in total. The Morgan fingerprint density at radius 1 is 1.44 bits per heavy atom. The summed E-state index contributed by atoms with van der Waals surface area (Å²) in [7, 11) is 0. The van der Waals surface area contributed by atoms with Gasteiger partial charge in [0.2, 0.25) is 5.91 Å². The van der Waals surface area contributed by atoms with Gasteiger partial charge in [0.05, 0.1) is 6.20 Å². The van der Waals surface area contributed by atoms with E-state index in [1.807, 2.05) is 32.2 Å². The molecular weight excluding hydrogens is 250 g/mol. The number of hydrogen-bond donors (Lipinski definition) is 1. The third kappa shape index (κ3) is 2.90. The number of halogens is 1. The van der Waals surface area contributed by atoms with E-state index in [1.54, 1.807) is 16.9 Å². The highest BCUT2D eigenvalue weighted by molar-refractivity contribution is 6.31. The first-order valence-electron chi connectivity index (χ1n) is 5.60. The van der Waals surface area contributed by atoms with Crippen LogP contribution in [0.4, 0.5) is 5.69 Å². The molecule has 0 spiro atoms. The first-order valence-corrected chi connectivity index (χ1v) is 5.98. The van der Waals surface area contributed by atoms with Crippen molar-refractivity contribution in [3.63, 3.8) is 0 Å². The number of nitrogens with zero attached hydrogens (tertiary/aromatic N) is 2. The Morgan fingerprint density at radius 2 is 2.22 bits per heavy atom. The summed E-state index contributed by atoms with van der Waals surface area (Å²) in [5.74, 6) is -0.122. The van der Waals surface area contributed by atoms with Gasteiger partial charge in [0.1, 0.15) is 6.54 Å². The van der Waals surface area contributed by atoms with Crippen molar-refractivity contribution in [2.45, 2.75) is 20.4 Å². The number of rotatable bonds is 3. The van der Waals surface area contributed by atoms with Crippen LogP contribution in [0, 0.1) is 13.8 Å². The minimum atomic E-state index is -0.122. The molecule has 0 aliphatic heterocycles. The maximum Gasteiger partial charge on any atom is 0.246 e. The van der Waals surface area contributed by atoms with Gasteiger partial charge in [-0.2, -0.15) is 5.10 Å². The monoisotopic (exact) mass is 263 g/mol. The van der Waals surface area contributed by atoms with Crippen molar-refractivity contribution in [3.05, 3.63) is 46.7 Å². The molecule has 0 aliphatic carbocycles. The summed E-state index contributed by atoms with van der Waals surface area (Å²) in [6, 6.07) is 5.43. The molecule has 0 fully saturated rings. The van der Waals surface area contributed by atoms with Crippen molar-refractivity contribution in [2.75, 3.05) is 5.32 Å². The summed E-state index contributed by atoms with van der Waals surface area (Å²) in [4.78, 5) is 11.8. The zero-order valence-corrected chi connectivity index (χ0v) is 11.0. The molecule has 0 saturated heterocycles. The summed E-state index contributed by atoms with van der Waals surface area (Å²) in [5.41, 5.74) is 2.63. The Morgan fingerprint density at radius 3 is 2.89 bits per heavy atom. The van der Waals surface area contributed by atoms with Gasteiger partial charge in [0, 0.05) is 16.9 Å². The molecule has 0 bridgehead atoms. The van der Waals surface area contributed by atoms with Gasteiger partial charge in [0.25, 0.3) is 0 Å². The second kappa shape index (κ2) is 5.23. The lowest BCUT2D eigenvalue weighted by molar-refractivity contribution is -0.116. The lowest BCUT2D eigenvalue weighted by atomic mass is 10.2. The van der Waals surface area contributed by atoms with E-state index in [0.717, 1.165) is 16.8 Å². The molecule has 0 saturated carbocycles. The Labute approximate surface area is 111 Å². The molecule has 0 aliphatic rings. The van der Waals surface area contributed by atoms with Crippen molar-refractivity contribution in [3.8, 4) is 0 Å². The van der Waals surface area contributed by atoms with Crippen LogP contribution in [-0.2, 0) is 11.3 Å². The molecule has 94 valence electrons. The number of amides is 1. The first kappa shape index (κ1) is 12.6. The quantitative estimate of drug-likeness (QED) is 0.926. The van der Waals surface area contributed by atoms with E-state index in [1.165, 1.54) is 0 Å². The molecule has 0 atom stereocenters. The minimum Gasteiger partial charge on any atom is -0.324 e. The fraction of sp³-hybridized carbons (Fsp3) is 0.231. The van der Waals surface area contributed by atoms with E-state index >= 15 is 0 Å². The van der Waals surface area contributed by atoms with Crippen LogP contribution >= 0.6 is 11.6 Å². The lowest BCUT2D eigenvalue weighted by Crippen LogP contribution is -2.19. The SMILES string of the molecule is Cc1cnn(CC(=O)Nc2cccc(Cl)c2C)c1. The molecule has 2 rings (SSSR count). The van der Waals surface area contributed by atoms with Crippen LogP contribution in [0.15, 0.2) is 30.6 Å². The Balaban J connectivity index is 2.05. The molecular formula is C13H14ClN3O. The number of benzene rings is 1. The number of anilines is 1. The number of aryl methyl sites for hydroxylation is 1. The van der Waals surface area contributed by atoms with E-state index in [2.05, 4.69) is 10.4 Å². The Hall–Kier alpha value is -1.81. The number of carbonyl (C=O) groups excluding carboxylic acids is 1. The van der Waals surface area contributed by atoms with Crippen LogP contribution in [0.1, 0.15) is 11.1 Å². The van der Waals surface area contributed by atoms with Gasteiger partial charge in [-0.3, -0.25) is 9.48 Å². The first-order chi connectivity index (χ1) is 8.56. The zero-order valence-electron chi connectivity index (χ0n) is 10.3. The summed E-state index contributed by atoms with van der Waals surface area (Å²) >= 11 is 5.99. The van der Waals surface area contributed by atoms with Crippen LogP contribution in [0.2, 0.25) is 5.02 Å². The highest BCUT2D eigenvalue weighted by Crippen LogP contribution is 2.22. The van der Waals surface area contributed by atoms with Gasteiger partial charge in [-0.25, -0.2) is 0 Å². The van der Waals surface area contributed by atoms with Crippen LogP contribution < -0.4 is 5.32 Å². The van der Waals surface area contributed by atoms with Crippen LogP contribution in [0.25, 0.3) is 0 Å². The number of hydrogen-bond acceptors (Lipinski definition) is 2. The molecule has 0 unspecified atom stereocenters. The zero-order chi connectivity index (χ0) is 13.1. The topological polar surface area (TPSA) is 46.9 Å². The van der Waals surface area contributed by atoms with Crippen molar-refractivity contribution < 1.29 is 4.79 Å². The summed E-state index contributed by atoms with van der Waals surface area (Å²) in [6.07, 6.45) is 3.54. The van der Waals surface area contributed by atoms with Gasteiger partial charge in [-0.05, 0) is 37.1 Å². The Kier molecular flexibility index (Phi) is 3.67. The van der Waals surface area contributed by atoms with Crippen LogP contribution in [0.5, 0.6) is 0 Å². The number of carbonyl (C=O) groups is 1. The summed E-state index contributed by atoms with van der Waals surface area (Å²) in [6.45, 7) is 4.00.